The van der Waals surface area contributed by atoms with Gasteiger partial charge >= 0.3 is 0 Å². The molecule has 0 saturated heterocycles. The number of nitrogens with zero attached hydrogens (tertiary/aromatic N) is 3. The van der Waals surface area contributed by atoms with Gasteiger partial charge in [-0.3, -0.25) is 0 Å². The first-order chi connectivity index (χ1) is 14.8. The molecule has 0 saturated carbocycles. The molecule has 5 rings (SSSR count). The highest BCUT2D eigenvalue weighted by Gasteiger charge is 2.24. The maximum Gasteiger partial charge on any atom is 0.137 e. The number of ether oxygens (including phenoxy) is 1. The fourth-order valence-corrected chi connectivity index (χ4v) is 4.69. The molecule has 0 N–H and O–H groups in total. The van der Waals surface area contributed by atoms with Gasteiger partial charge in [0.25, 0.3) is 0 Å². The normalized spacial score (nSPS) is 16.7. The fourth-order valence-electron chi connectivity index (χ4n) is 4.69. The van der Waals surface area contributed by atoms with Crippen molar-refractivity contribution in [2.24, 2.45) is 0 Å². The summed E-state index contributed by atoms with van der Waals surface area (Å²) >= 11 is 0. The van der Waals surface area contributed by atoms with Crippen LogP contribution in [0.4, 0.5) is 5.69 Å². The Bertz CT molecular complexity index is 1160. The van der Waals surface area contributed by atoms with E-state index in [1.165, 1.54) is 48.3 Å². The van der Waals surface area contributed by atoms with Gasteiger partial charge in [-0.25, -0.2) is 0 Å². The Kier molecular flexibility index (Phi) is 4.62. The summed E-state index contributed by atoms with van der Waals surface area (Å²) in [5, 5.41) is 18.7. The monoisotopic (exact) mass is 391 g/mol. The van der Waals surface area contributed by atoms with E-state index in [0.717, 1.165) is 18.4 Å². The maximum absolute atomic E-state index is 9.37. The minimum atomic E-state index is 0.0925. The molecule has 0 bridgehead atoms. The predicted octanol–water partition coefficient (Wildman–Crippen LogP) is 5.18. The van der Waals surface area contributed by atoms with Crippen LogP contribution in [0.5, 0.6) is 5.75 Å². The summed E-state index contributed by atoms with van der Waals surface area (Å²) in [5.74, 6) is 1.29. The van der Waals surface area contributed by atoms with Crippen LogP contribution in [0.25, 0.3) is 11.6 Å². The zero-order valence-electron chi connectivity index (χ0n) is 16.7. The van der Waals surface area contributed by atoms with Crippen molar-refractivity contribution < 1.29 is 4.74 Å². The van der Waals surface area contributed by atoms with Crippen LogP contribution in [0, 0.1) is 22.7 Å². The summed E-state index contributed by atoms with van der Waals surface area (Å²) in [4.78, 5) is 2.54. The lowest BCUT2D eigenvalue weighted by molar-refractivity contribution is 0.439. The third-order valence-corrected chi connectivity index (χ3v) is 5.98. The molecule has 3 aliphatic heterocycles. The van der Waals surface area contributed by atoms with E-state index >= 15 is 0 Å². The minimum absolute atomic E-state index is 0.0925. The van der Waals surface area contributed by atoms with Crippen molar-refractivity contribution in [2.45, 2.75) is 25.7 Å². The molecule has 4 heteroatoms. The van der Waals surface area contributed by atoms with Crippen LogP contribution in [0.2, 0.25) is 0 Å². The van der Waals surface area contributed by atoms with Crippen LogP contribution in [-0.2, 0) is 12.8 Å². The molecule has 0 fully saturated rings. The van der Waals surface area contributed by atoms with Gasteiger partial charge in [-0.15, -0.1) is 0 Å². The Hall–Kier alpha value is -3.76. The molecule has 0 spiro atoms. The zero-order chi connectivity index (χ0) is 20.5. The van der Waals surface area contributed by atoms with Gasteiger partial charge in [0, 0.05) is 29.9 Å². The van der Waals surface area contributed by atoms with Crippen LogP contribution in [-0.4, -0.2) is 13.1 Å². The van der Waals surface area contributed by atoms with Gasteiger partial charge in [-0.1, -0.05) is 24.3 Å². The summed E-state index contributed by atoms with van der Waals surface area (Å²) < 4.78 is 6.03. The number of benzene rings is 2. The predicted molar refractivity (Wildman–Crippen MR) is 118 cm³/mol. The van der Waals surface area contributed by atoms with E-state index in [1.54, 1.807) is 6.08 Å². The second-order valence-corrected chi connectivity index (χ2v) is 7.87. The minimum Gasteiger partial charge on any atom is -0.457 e. The molecule has 0 amide bonds. The molecule has 30 heavy (non-hydrogen) atoms. The van der Waals surface area contributed by atoms with Gasteiger partial charge < -0.3 is 9.64 Å². The van der Waals surface area contributed by atoms with E-state index in [2.05, 4.69) is 23.1 Å². The van der Waals surface area contributed by atoms with Gasteiger partial charge in [-0.2, -0.15) is 10.5 Å². The van der Waals surface area contributed by atoms with Crippen molar-refractivity contribution in [3.63, 3.8) is 0 Å². The topological polar surface area (TPSA) is 60.0 Å². The van der Waals surface area contributed by atoms with E-state index in [9.17, 15) is 10.5 Å². The van der Waals surface area contributed by atoms with Crippen LogP contribution in [0.1, 0.15) is 35.1 Å². The zero-order valence-corrected chi connectivity index (χ0v) is 16.7. The molecule has 3 aliphatic rings. The van der Waals surface area contributed by atoms with E-state index < -0.39 is 0 Å². The molecule has 0 atom stereocenters. The van der Waals surface area contributed by atoms with E-state index in [-0.39, 0.29) is 5.57 Å². The van der Waals surface area contributed by atoms with Crippen LogP contribution < -0.4 is 9.64 Å². The molecular formula is C26H21N3O. The van der Waals surface area contributed by atoms with Crippen LogP contribution in [0.3, 0.4) is 0 Å². The van der Waals surface area contributed by atoms with Gasteiger partial charge in [-0.05, 0) is 72.7 Å². The quantitative estimate of drug-likeness (QED) is 0.662. The van der Waals surface area contributed by atoms with Crippen molar-refractivity contribution in [1.82, 2.24) is 0 Å². The van der Waals surface area contributed by atoms with E-state index in [1.807, 2.05) is 42.5 Å². The SMILES string of the molecule is N#CC(C#N)=C1C=C(/C=C/c2cc3c4c(c2)CCCN4CCC3)Oc2ccccc21. The number of para-hydroxylation sites is 1. The summed E-state index contributed by atoms with van der Waals surface area (Å²) in [6.07, 6.45) is 10.5. The first kappa shape index (κ1) is 18.3. The van der Waals surface area contributed by atoms with E-state index in [4.69, 9.17) is 4.74 Å². The number of hydrogen-bond acceptors (Lipinski definition) is 4. The lowest BCUT2D eigenvalue weighted by Gasteiger charge is -2.37. The molecular weight excluding hydrogens is 370 g/mol. The van der Waals surface area contributed by atoms with Crippen molar-refractivity contribution in [3.8, 4) is 17.9 Å². The summed E-state index contributed by atoms with van der Waals surface area (Å²) in [7, 11) is 0. The number of allylic oxidation sites excluding steroid dienone is 4. The number of aryl methyl sites for hydroxylation is 2. The largest absolute Gasteiger partial charge is 0.457 e. The number of nitriles is 2. The highest BCUT2D eigenvalue weighted by molar-refractivity contribution is 5.87. The molecule has 3 heterocycles. The van der Waals surface area contributed by atoms with Crippen molar-refractivity contribution >= 4 is 17.3 Å². The van der Waals surface area contributed by atoms with Crippen LogP contribution in [0.15, 0.2) is 59.9 Å². The second-order valence-electron chi connectivity index (χ2n) is 7.87. The third-order valence-electron chi connectivity index (χ3n) is 5.98. The maximum atomic E-state index is 9.37. The standard InChI is InChI=1S/C26H21N3O/c27-16-21(17-28)24-15-22(30-25-8-2-1-7-23(24)25)10-9-18-13-19-5-3-11-29-12-4-6-20(14-18)26(19)29/h1-2,7-10,13-15H,3-6,11-12H2/b10-9+. The lowest BCUT2D eigenvalue weighted by atomic mass is 9.90. The first-order valence-electron chi connectivity index (χ1n) is 10.4. The van der Waals surface area contributed by atoms with Crippen LogP contribution >= 0.6 is 0 Å². The second kappa shape index (κ2) is 7.58. The number of rotatable bonds is 2. The number of anilines is 1. The average Bonchev–Trinajstić information content (AvgIpc) is 2.79. The van der Waals surface area contributed by atoms with Crippen molar-refractivity contribution in [3.05, 3.63) is 82.1 Å². The molecule has 4 nitrogen and oxygen atoms in total. The number of hydrogen-bond donors (Lipinski definition) is 0. The van der Waals surface area contributed by atoms with Crippen molar-refractivity contribution in [1.29, 1.82) is 10.5 Å². The first-order valence-corrected chi connectivity index (χ1v) is 10.4. The highest BCUT2D eigenvalue weighted by Crippen LogP contribution is 2.38. The Morgan fingerprint density at radius 2 is 1.67 bits per heavy atom. The Labute approximate surface area is 176 Å². The van der Waals surface area contributed by atoms with Gasteiger partial charge in [0.15, 0.2) is 0 Å². The molecule has 0 radical (unpaired) electrons. The molecule has 2 aromatic carbocycles. The summed E-state index contributed by atoms with van der Waals surface area (Å²) in [5.41, 5.74) is 6.99. The molecule has 0 aromatic heterocycles. The Morgan fingerprint density at radius 3 is 2.37 bits per heavy atom. The van der Waals surface area contributed by atoms with E-state index in [0.29, 0.717) is 17.1 Å². The van der Waals surface area contributed by atoms with Gasteiger partial charge in [0.05, 0.1) is 0 Å². The lowest BCUT2D eigenvalue weighted by Crippen LogP contribution is -2.34. The van der Waals surface area contributed by atoms with Crippen molar-refractivity contribution in [2.75, 3.05) is 18.0 Å². The molecule has 146 valence electrons. The Morgan fingerprint density at radius 1 is 0.967 bits per heavy atom. The van der Waals surface area contributed by atoms with Gasteiger partial charge in [0.2, 0.25) is 0 Å². The Balaban J connectivity index is 1.52. The number of fused-ring (bicyclic) bond motifs is 1. The highest BCUT2D eigenvalue weighted by atomic mass is 16.5. The molecule has 0 unspecified atom stereocenters. The smallest absolute Gasteiger partial charge is 0.137 e. The van der Waals surface area contributed by atoms with Gasteiger partial charge in [0.1, 0.15) is 29.2 Å². The summed E-state index contributed by atoms with van der Waals surface area (Å²) in [6, 6.07) is 16.1. The fraction of sp³-hybridized carbons (Fsp3) is 0.231. The molecule has 2 aromatic rings. The summed E-state index contributed by atoms with van der Waals surface area (Å²) in [6.45, 7) is 2.34. The third kappa shape index (κ3) is 3.17. The average molecular weight is 391 g/mol. The molecule has 0 aliphatic carbocycles.